The van der Waals surface area contributed by atoms with E-state index in [2.05, 4.69) is 10.4 Å². The van der Waals surface area contributed by atoms with Crippen LogP contribution in [0.5, 0.6) is 0 Å². The average Bonchev–Trinajstić information content (AvgIpc) is 2.56. The fraction of sp³-hybridized carbons (Fsp3) is 0.312. The molecule has 1 aromatic carbocycles. The van der Waals surface area contributed by atoms with Crippen molar-refractivity contribution in [2.24, 2.45) is 0 Å². The zero-order valence-corrected chi connectivity index (χ0v) is 14.9. The lowest BCUT2D eigenvalue weighted by Gasteiger charge is -2.14. The summed E-state index contributed by atoms with van der Waals surface area (Å²) in [7, 11) is -3.42. The van der Waals surface area contributed by atoms with Gasteiger partial charge in [0.2, 0.25) is 0 Å². The van der Waals surface area contributed by atoms with Gasteiger partial charge in [0.05, 0.1) is 23.6 Å². The number of halogens is 3. The largest absolute Gasteiger partial charge is 0.408 e. The van der Waals surface area contributed by atoms with Gasteiger partial charge in [-0.1, -0.05) is 12.1 Å². The predicted molar refractivity (Wildman–Crippen MR) is 91.8 cm³/mol. The van der Waals surface area contributed by atoms with E-state index in [9.17, 15) is 26.4 Å². The predicted octanol–water partition coefficient (Wildman–Crippen LogP) is 2.20. The van der Waals surface area contributed by atoms with E-state index in [-0.39, 0.29) is 33.8 Å². The number of rotatable bonds is 6. The van der Waals surface area contributed by atoms with Crippen LogP contribution in [0.25, 0.3) is 11.1 Å². The van der Waals surface area contributed by atoms with Crippen LogP contribution in [0.4, 0.5) is 18.9 Å². The lowest BCUT2D eigenvalue weighted by molar-refractivity contribution is -0.143. The zero-order valence-electron chi connectivity index (χ0n) is 14.1. The minimum absolute atomic E-state index is 0.0352. The molecule has 0 aliphatic rings. The highest BCUT2D eigenvalue weighted by Gasteiger charge is 2.30. The van der Waals surface area contributed by atoms with E-state index in [1.807, 2.05) is 6.07 Å². The van der Waals surface area contributed by atoms with Gasteiger partial charge in [0, 0.05) is 18.4 Å². The monoisotopic (exact) mass is 400 g/mol. The van der Waals surface area contributed by atoms with Gasteiger partial charge in [-0.25, -0.2) is 13.1 Å². The van der Waals surface area contributed by atoms with E-state index < -0.39 is 28.1 Å². The van der Waals surface area contributed by atoms with Crippen molar-refractivity contribution in [1.82, 2.24) is 9.78 Å². The molecule has 0 fully saturated rings. The maximum atomic E-state index is 12.6. The molecule has 0 aliphatic heterocycles. The van der Waals surface area contributed by atoms with Crippen molar-refractivity contribution in [3.05, 3.63) is 40.8 Å². The van der Waals surface area contributed by atoms with Crippen LogP contribution in [0.15, 0.2) is 40.2 Å². The fourth-order valence-corrected chi connectivity index (χ4v) is 2.92. The maximum absolute atomic E-state index is 12.6. The third-order valence-electron chi connectivity index (χ3n) is 3.50. The van der Waals surface area contributed by atoms with Gasteiger partial charge in [-0.3, -0.25) is 4.79 Å². The molecule has 0 saturated carbocycles. The van der Waals surface area contributed by atoms with Crippen molar-refractivity contribution in [3.63, 3.8) is 0 Å². The molecule has 0 unspecified atom stereocenters. The van der Waals surface area contributed by atoms with Gasteiger partial charge in [-0.15, -0.1) is 0 Å². The van der Waals surface area contributed by atoms with Crippen LogP contribution in [-0.2, 0) is 16.4 Å². The third kappa shape index (κ3) is 5.30. The van der Waals surface area contributed by atoms with Gasteiger partial charge in [-0.05, 0) is 17.7 Å². The van der Waals surface area contributed by atoms with Gasteiger partial charge in [0.1, 0.15) is 12.2 Å². The van der Waals surface area contributed by atoms with E-state index in [4.69, 9.17) is 5.26 Å². The van der Waals surface area contributed by atoms with E-state index >= 15 is 0 Å². The number of nitrogens with one attached hydrogen (secondary N) is 1. The maximum Gasteiger partial charge on any atom is 0.408 e. The molecule has 27 heavy (non-hydrogen) atoms. The van der Waals surface area contributed by atoms with Crippen molar-refractivity contribution in [3.8, 4) is 17.2 Å². The molecule has 7 nitrogen and oxygen atoms in total. The van der Waals surface area contributed by atoms with Crippen molar-refractivity contribution < 1.29 is 21.6 Å². The molecule has 1 N–H and O–H groups in total. The van der Waals surface area contributed by atoms with E-state index in [0.717, 1.165) is 12.5 Å². The number of nitrogens with zero attached hydrogens (tertiary/aromatic N) is 3. The van der Waals surface area contributed by atoms with Crippen LogP contribution in [0.1, 0.15) is 6.42 Å². The average molecular weight is 400 g/mol. The Morgan fingerprint density at radius 2 is 1.89 bits per heavy atom. The first-order valence-corrected chi connectivity index (χ1v) is 9.50. The fourth-order valence-electron chi connectivity index (χ4n) is 2.29. The second kappa shape index (κ2) is 7.79. The first-order chi connectivity index (χ1) is 12.5. The number of alkyl halides is 3. The van der Waals surface area contributed by atoms with Crippen molar-refractivity contribution in [2.45, 2.75) is 24.0 Å². The quantitative estimate of drug-likeness (QED) is 0.746. The smallest absolute Gasteiger partial charge is 0.379 e. The highest BCUT2D eigenvalue weighted by atomic mass is 32.2. The molecular weight excluding hydrogens is 385 g/mol. The van der Waals surface area contributed by atoms with Crippen LogP contribution < -0.4 is 10.9 Å². The van der Waals surface area contributed by atoms with Crippen molar-refractivity contribution in [2.75, 3.05) is 18.1 Å². The summed E-state index contributed by atoms with van der Waals surface area (Å²) in [6.45, 7) is -1.50. The van der Waals surface area contributed by atoms with Gasteiger partial charge in [0.25, 0.3) is 5.56 Å². The van der Waals surface area contributed by atoms with Gasteiger partial charge < -0.3 is 5.32 Å². The molecule has 0 spiro atoms. The molecule has 0 atom stereocenters. The second-order valence-corrected chi connectivity index (χ2v) is 7.66. The highest BCUT2D eigenvalue weighted by Crippen LogP contribution is 2.26. The molecule has 1 aromatic heterocycles. The van der Waals surface area contributed by atoms with Gasteiger partial charge in [0.15, 0.2) is 9.84 Å². The van der Waals surface area contributed by atoms with Gasteiger partial charge in [-0.2, -0.15) is 23.5 Å². The summed E-state index contributed by atoms with van der Waals surface area (Å²) < 4.78 is 61.2. The highest BCUT2D eigenvalue weighted by molar-refractivity contribution is 7.90. The van der Waals surface area contributed by atoms with Crippen molar-refractivity contribution >= 4 is 15.5 Å². The third-order valence-corrected chi connectivity index (χ3v) is 4.63. The lowest BCUT2D eigenvalue weighted by atomic mass is 10.1. The number of anilines is 1. The summed E-state index contributed by atoms with van der Waals surface area (Å²) in [6.07, 6.45) is -2.46. The lowest BCUT2D eigenvalue weighted by Crippen LogP contribution is -2.32. The molecule has 1 heterocycles. The summed E-state index contributed by atoms with van der Waals surface area (Å²) in [6, 6.07) is 7.36. The number of sulfone groups is 1. The normalized spacial score (nSPS) is 11.8. The topological polar surface area (TPSA) is 105 Å². The van der Waals surface area contributed by atoms with Crippen LogP contribution in [-0.4, -0.2) is 37.2 Å². The Hall–Kier alpha value is -2.87. The van der Waals surface area contributed by atoms with Crippen LogP contribution in [0, 0.1) is 11.3 Å². The minimum Gasteiger partial charge on any atom is -0.379 e. The number of nitriles is 1. The summed E-state index contributed by atoms with van der Waals surface area (Å²) in [5.41, 5.74) is -0.534. The minimum atomic E-state index is -4.63. The molecule has 2 rings (SSSR count). The Morgan fingerprint density at radius 3 is 2.41 bits per heavy atom. The SMILES string of the molecule is CS(=O)(=O)c1ccc(-c2cnn(CC(F)(F)F)c(=O)c2NCCC#N)cc1. The molecule has 11 heteroatoms. The number of hydrogen-bond donors (Lipinski definition) is 1. The molecular formula is C16H15F3N4O3S. The van der Waals surface area contributed by atoms with Crippen LogP contribution in [0.3, 0.4) is 0 Å². The first kappa shape index (κ1) is 20.4. The number of hydrogen-bond acceptors (Lipinski definition) is 6. The van der Waals surface area contributed by atoms with Crippen LogP contribution >= 0.6 is 0 Å². The number of aromatic nitrogens is 2. The molecule has 2 aromatic rings. The summed E-state index contributed by atoms with van der Waals surface area (Å²) in [5, 5.41) is 14.9. The molecule has 144 valence electrons. The first-order valence-electron chi connectivity index (χ1n) is 7.61. The van der Waals surface area contributed by atoms with E-state index in [0.29, 0.717) is 5.56 Å². The number of benzene rings is 1. The molecule has 0 bridgehead atoms. The summed E-state index contributed by atoms with van der Waals surface area (Å²) in [4.78, 5) is 12.5. The summed E-state index contributed by atoms with van der Waals surface area (Å²) in [5.74, 6) is 0. The molecule has 0 radical (unpaired) electrons. The Morgan fingerprint density at radius 1 is 1.26 bits per heavy atom. The Kier molecular flexibility index (Phi) is 5.90. The van der Waals surface area contributed by atoms with E-state index in [1.165, 1.54) is 24.3 Å². The second-order valence-electron chi connectivity index (χ2n) is 5.64. The Balaban J connectivity index is 2.53. The van der Waals surface area contributed by atoms with Crippen molar-refractivity contribution in [1.29, 1.82) is 5.26 Å². The molecule has 0 aliphatic carbocycles. The molecule has 0 amide bonds. The zero-order chi connectivity index (χ0) is 20.2. The van der Waals surface area contributed by atoms with E-state index in [1.54, 1.807) is 0 Å². The summed E-state index contributed by atoms with van der Waals surface area (Å²) >= 11 is 0. The van der Waals surface area contributed by atoms with Gasteiger partial charge >= 0.3 is 6.18 Å². The molecule has 0 saturated heterocycles. The Labute approximate surface area is 153 Å². The van der Waals surface area contributed by atoms with Crippen LogP contribution in [0.2, 0.25) is 0 Å². The Bertz CT molecular complexity index is 1020. The standard InChI is InChI=1S/C16H15F3N4O3S/c1-27(25,26)12-5-3-11(4-6-12)13-9-22-23(10-16(17,18)19)15(24)14(13)21-8-2-7-20/h3-6,9,21H,2,8,10H2,1H3.